The molecule has 0 saturated heterocycles. The molecule has 0 fully saturated rings. The molecule has 2 aromatic carbocycles. The Hall–Kier alpha value is -2.00. The molecule has 1 heterocycles. The van der Waals surface area contributed by atoms with Crippen LogP contribution in [0.3, 0.4) is 0 Å². The molecule has 0 aliphatic carbocycles. The van der Waals surface area contributed by atoms with Crippen molar-refractivity contribution in [3.05, 3.63) is 54.1 Å². The lowest BCUT2D eigenvalue weighted by atomic mass is 10.1. The van der Waals surface area contributed by atoms with E-state index in [0.717, 1.165) is 23.4 Å². The van der Waals surface area contributed by atoms with Gasteiger partial charge in [-0.15, -0.1) is 24.0 Å². The molecule has 1 unspecified atom stereocenters. The fraction of sp³-hybridized carbons (Fsp3) is 0.316. The van der Waals surface area contributed by atoms with Crippen molar-refractivity contribution in [1.29, 1.82) is 0 Å². The van der Waals surface area contributed by atoms with E-state index < -0.39 is 0 Å². The molecular formula is C19H24IN3O3. The van der Waals surface area contributed by atoms with E-state index in [-0.39, 0.29) is 30.1 Å². The Balaban J connectivity index is 0.00000243. The van der Waals surface area contributed by atoms with E-state index >= 15 is 0 Å². The second-order valence-electron chi connectivity index (χ2n) is 5.70. The van der Waals surface area contributed by atoms with Gasteiger partial charge in [-0.05, 0) is 17.7 Å². The minimum atomic E-state index is -0.134. The number of fused-ring (bicyclic) bond motifs is 1. The summed E-state index contributed by atoms with van der Waals surface area (Å²) in [5, 5.41) is 3.08. The highest BCUT2D eigenvalue weighted by molar-refractivity contribution is 14.0. The Morgan fingerprint density at radius 1 is 1.15 bits per heavy atom. The van der Waals surface area contributed by atoms with Crippen molar-refractivity contribution in [2.45, 2.75) is 12.5 Å². The number of ether oxygens (including phenoxy) is 3. The van der Waals surface area contributed by atoms with Crippen LogP contribution in [0.5, 0.6) is 11.5 Å². The van der Waals surface area contributed by atoms with Crippen LogP contribution >= 0.6 is 24.0 Å². The largest absolute Gasteiger partial charge is 0.490 e. The molecule has 0 spiro atoms. The third-order valence-electron chi connectivity index (χ3n) is 3.90. The summed E-state index contributed by atoms with van der Waals surface area (Å²) >= 11 is 0. The van der Waals surface area contributed by atoms with Gasteiger partial charge in [-0.25, -0.2) is 0 Å². The minimum absolute atomic E-state index is 0. The van der Waals surface area contributed by atoms with Gasteiger partial charge >= 0.3 is 0 Å². The highest BCUT2D eigenvalue weighted by Gasteiger charge is 2.12. The summed E-state index contributed by atoms with van der Waals surface area (Å²) in [7, 11) is 1.67. The number of hydrogen-bond donors (Lipinski definition) is 2. The van der Waals surface area contributed by atoms with Crippen LogP contribution in [0.15, 0.2) is 53.5 Å². The maximum atomic E-state index is 6.01. The Morgan fingerprint density at radius 3 is 2.62 bits per heavy atom. The molecule has 7 heteroatoms. The van der Waals surface area contributed by atoms with Crippen molar-refractivity contribution < 1.29 is 14.2 Å². The molecular weight excluding hydrogens is 445 g/mol. The topological polar surface area (TPSA) is 78.1 Å². The first-order chi connectivity index (χ1) is 12.3. The van der Waals surface area contributed by atoms with Gasteiger partial charge in [0.25, 0.3) is 0 Å². The van der Waals surface area contributed by atoms with E-state index in [9.17, 15) is 0 Å². The van der Waals surface area contributed by atoms with Crippen molar-refractivity contribution in [3.8, 4) is 11.5 Å². The Bertz CT molecular complexity index is 725. The summed E-state index contributed by atoms with van der Waals surface area (Å²) in [6.45, 7) is 1.75. The van der Waals surface area contributed by atoms with Gasteiger partial charge in [-0.1, -0.05) is 30.3 Å². The number of nitrogens with two attached hydrogens (primary N) is 1. The second-order valence-corrected chi connectivity index (χ2v) is 5.70. The fourth-order valence-electron chi connectivity index (χ4n) is 2.59. The molecule has 0 aromatic heterocycles. The van der Waals surface area contributed by atoms with Crippen LogP contribution in [0, 0.1) is 0 Å². The lowest BCUT2D eigenvalue weighted by Gasteiger charge is -2.14. The molecule has 3 N–H and O–H groups in total. The van der Waals surface area contributed by atoms with E-state index in [2.05, 4.69) is 10.3 Å². The smallest absolute Gasteiger partial charge is 0.193 e. The zero-order valence-corrected chi connectivity index (χ0v) is 17.0. The van der Waals surface area contributed by atoms with E-state index in [1.54, 1.807) is 7.11 Å². The molecule has 0 amide bonds. The number of benzene rings is 2. The molecule has 140 valence electrons. The number of guanidine groups is 1. The number of halogens is 1. The zero-order valence-electron chi connectivity index (χ0n) is 14.7. The summed E-state index contributed by atoms with van der Waals surface area (Å²) in [6, 6.07) is 15.6. The molecule has 26 heavy (non-hydrogen) atoms. The van der Waals surface area contributed by atoms with Crippen LogP contribution < -0.4 is 20.5 Å². The lowest BCUT2D eigenvalue weighted by molar-refractivity contribution is 0.111. The standard InChI is InChI=1S/C19H23N3O3.HI/c1-23-18(14-6-3-2-4-7-14)13-21-19(20)22-15-8-9-16-17(12-15)25-11-5-10-24-16;/h2-4,6-9,12,18H,5,10-11,13H2,1H3,(H3,20,21,22);1H. The first-order valence-corrected chi connectivity index (χ1v) is 8.30. The number of anilines is 1. The van der Waals surface area contributed by atoms with Crippen molar-refractivity contribution in [3.63, 3.8) is 0 Å². The molecule has 0 saturated carbocycles. The highest BCUT2D eigenvalue weighted by Crippen LogP contribution is 2.32. The van der Waals surface area contributed by atoms with Crippen molar-refractivity contribution in [2.75, 3.05) is 32.2 Å². The number of nitrogens with zero attached hydrogens (tertiary/aromatic N) is 1. The summed E-state index contributed by atoms with van der Waals surface area (Å²) in [5.74, 6) is 1.80. The fourth-order valence-corrected chi connectivity index (χ4v) is 2.59. The number of rotatable bonds is 5. The van der Waals surface area contributed by atoms with Gasteiger partial charge in [0, 0.05) is 25.3 Å². The molecule has 0 bridgehead atoms. The third kappa shape index (κ3) is 5.50. The Labute approximate surface area is 170 Å². The van der Waals surface area contributed by atoms with E-state index in [1.165, 1.54) is 0 Å². The van der Waals surface area contributed by atoms with E-state index in [0.29, 0.717) is 31.5 Å². The van der Waals surface area contributed by atoms with Crippen LogP contribution in [0.4, 0.5) is 5.69 Å². The third-order valence-corrected chi connectivity index (χ3v) is 3.90. The number of hydrogen-bond acceptors (Lipinski definition) is 4. The molecule has 3 rings (SSSR count). The van der Waals surface area contributed by atoms with E-state index in [1.807, 2.05) is 48.5 Å². The quantitative estimate of drug-likeness (QED) is 0.398. The number of nitrogens with one attached hydrogen (secondary N) is 1. The van der Waals surface area contributed by atoms with Crippen LogP contribution in [0.25, 0.3) is 0 Å². The lowest BCUT2D eigenvalue weighted by Crippen LogP contribution is -2.24. The molecule has 1 aliphatic rings. The Kier molecular flexibility index (Phi) is 7.99. The first-order valence-electron chi connectivity index (χ1n) is 8.30. The normalized spacial score (nSPS) is 14.7. The van der Waals surface area contributed by atoms with Crippen LogP contribution in [-0.4, -0.2) is 32.8 Å². The molecule has 0 radical (unpaired) electrons. The maximum Gasteiger partial charge on any atom is 0.193 e. The summed E-state index contributed by atoms with van der Waals surface area (Å²) in [4.78, 5) is 4.38. The molecule has 6 nitrogen and oxygen atoms in total. The van der Waals surface area contributed by atoms with Gasteiger partial charge in [-0.3, -0.25) is 4.99 Å². The van der Waals surface area contributed by atoms with Crippen LogP contribution in [0.1, 0.15) is 18.1 Å². The van der Waals surface area contributed by atoms with Gasteiger partial charge in [0.15, 0.2) is 17.5 Å². The average Bonchev–Trinajstić information content (AvgIpc) is 2.88. The van der Waals surface area contributed by atoms with Gasteiger partial charge < -0.3 is 25.3 Å². The minimum Gasteiger partial charge on any atom is -0.490 e. The zero-order chi connectivity index (χ0) is 17.5. The predicted octanol–water partition coefficient (Wildman–Crippen LogP) is 3.58. The van der Waals surface area contributed by atoms with Crippen LogP contribution in [-0.2, 0) is 4.74 Å². The van der Waals surface area contributed by atoms with Gasteiger partial charge in [0.1, 0.15) is 6.10 Å². The second kappa shape index (κ2) is 10.2. The number of aliphatic imine (C=N–C) groups is 1. The van der Waals surface area contributed by atoms with Gasteiger partial charge in [0.2, 0.25) is 0 Å². The van der Waals surface area contributed by atoms with Crippen LogP contribution in [0.2, 0.25) is 0 Å². The average molecular weight is 469 g/mol. The van der Waals surface area contributed by atoms with Crippen molar-refractivity contribution >= 4 is 35.6 Å². The van der Waals surface area contributed by atoms with Gasteiger partial charge in [-0.2, -0.15) is 0 Å². The SMILES string of the molecule is COC(CN=C(N)Nc1ccc2c(c1)OCCCO2)c1ccccc1.I. The van der Waals surface area contributed by atoms with Crippen molar-refractivity contribution in [2.24, 2.45) is 10.7 Å². The Morgan fingerprint density at radius 2 is 1.88 bits per heavy atom. The van der Waals surface area contributed by atoms with E-state index in [4.69, 9.17) is 19.9 Å². The number of methoxy groups -OCH3 is 1. The van der Waals surface area contributed by atoms with Crippen molar-refractivity contribution in [1.82, 2.24) is 0 Å². The molecule has 2 aromatic rings. The highest BCUT2D eigenvalue weighted by atomic mass is 127. The monoisotopic (exact) mass is 469 g/mol. The molecule has 1 aliphatic heterocycles. The first kappa shape index (κ1) is 20.3. The van der Waals surface area contributed by atoms with Gasteiger partial charge in [0.05, 0.1) is 19.8 Å². The summed E-state index contributed by atoms with van der Waals surface area (Å²) in [5.41, 5.74) is 7.88. The predicted molar refractivity (Wildman–Crippen MR) is 114 cm³/mol. The molecule has 1 atom stereocenters. The summed E-state index contributed by atoms with van der Waals surface area (Å²) in [6.07, 6.45) is 0.740. The summed E-state index contributed by atoms with van der Waals surface area (Å²) < 4.78 is 16.8. The maximum absolute atomic E-state index is 6.01.